The third-order valence-corrected chi connectivity index (χ3v) is 6.09. The van der Waals surface area contributed by atoms with E-state index in [1.807, 2.05) is 37.4 Å². The summed E-state index contributed by atoms with van der Waals surface area (Å²) < 4.78 is 5.33. The number of imidazole rings is 1. The Labute approximate surface area is 213 Å². The second-order valence-electron chi connectivity index (χ2n) is 8.22. The van der Waals surface area contributed by atoms with Crippen LogP contribution in [-0.4, -0.2) is 61.2 Å². The number of guanidine groups is 1. The summed E-state index contributed by atoms with van der Waals surface area (Å²) in [4.78, 5) is 15.0. The molecule has 1 aromatic heterocycles. The van der Waals surface area contributed by atoms with Crippen molar-refractivity contribution in [1.29, 1.82) is 0 Å². The molecule has 3 N–H and O–H groups in total. The number of nitrogens with one attached hydrogen (secondary N) is 3. The molecule has 1 unspecified atom stereocenters. The Hall–Kier alpha value is -2.33. The summed E-state index contributed by atoms with van der Waals surface area (Å²) in [7, 11) is 3.53. The van der Waals surface area contributed by atoms with Crippen LogP contribution in [0.1, 0.15) is 36.7 Å². The molecule has 1 atom stereocenters. The molecule has 0 aliphatic carbocycles. The topological polar surface area (TPSA) is 77.6 Å². The number of aryl methyl sites for hydroxylation is 1. The first-order valence-corrected chi connectivity index (χ1v) is 11.5. The van der Waals surface area contributed by atoms with Crippen molar-refractivity contribution in [3.8, 4) is 5.75 Å². The van der Waals surface area contributed by atoms with Crippen LogP contribution in [0.25, 0.3) is 11.0 Å². The van der Waals surface area contributed by atoms with Gasteiger partial charge in [-0.05, 0) is 62.2 Å². The number of hydrogen-bond donors (Lipinski definition) is 3. The molecular weight excluding hydrogens is 527 g/mol. The van der Waals surface area contributed by atoms with Crippen LogP contribution in [0.15, 0.2) is 53.5 Å². The van der Waals surface area contributed by atoms with Gasteiger partial charge in [-0.15, -0.1) is 24.0 Å². The number of likely N-dealkylation sites (tertiary alicyclic amines) is 1. The van der Waals surface area contributed by atoms with Crippen molar-refractivity contribution in [2.45, 2.75) is 31.7 Å². The normalized spacial score (nSPS) is 15.3. The van der Waals surface area contributed by atoms with Crippen LogP contribution in [0.3, 0.4) is 0 Å². The van der Waals surface area contributed by atoms with Crippen LogP contribution in [0.2, 0.25) is 0 Å². The molecule has 0 radical (unpaired) electrons. The molecule has 33 heavy (non-hydrogen) atoms. The van der Waals surface area contributed by atoms with Gasteiger partial charge in [0.25, 0.3) is 0 Å². The largest absolute Gasteiger partial charge is 0.497 e. The highest BCUT2D eigenvalue weighted by Crippen LogP contribution is 2.26. The van der Waals surface area contributed by atoms with Gasteiger partial charge >= 0.3 is 0 Å². The van der Waals surface area contributed by atoms with Crippen molar-refractivity contribution in [3.63, 3.8) is 0 Å². The number of methoxy groups -OCH3 is 1. The number of para-hydroxylation sites is 2. The summed E-state index contributed by atoms with van der Waals surface area (Å²) in [6.07, 6.45) is 4.41. The molecule has 0 saturated carbocycles. The molecule has 1 fully saturated rings. The Balaban J connectivity index is 0.00000306. The molecule has 0 amide bonds. The second kappa shape index (κ2) is 12.8. The van der Waals surface area contributed by atoms with Crippen LogP contribution in [0.4, 0.5) is 0 Å². The van der Waals surface area contributed by atoms with Gasteiger partial charge < -0.3 is 20.4 Å². The van der Waals surface area contributed by atoms with E-state index < -0.39 is 0 Å². The van der Waals surface area contributed by atoms with E-state index in [0.29, 0.717) is 6.04 Å². The first-order chi connectivity index (χ1) is 15.8. The Morgan fingerprint density at radius 2 is 1.88 bits per heavy atom. The molecule has 1 aliphatic rings. The molecule has 7 nitrogen and oxygen atoms in total. The maximum absolute atomic E-state index is 5.33. The van der Waals surface area contributed by atoms with Crippen molar-refractivity contribution in [2.75, 3.05) is 40.3 Å². The number of H-pyrrole nitrogens is 1. The van der Waals surface area contributed by atoms with Gasteiger partial charge in [-0.2, -0.15) is 0 Å². The molecule has 2 heterocycles. The van der Waals surface area contributed by atoms with Crippen molar-refractivity contribution in [1.82, 2.24) is 25.5 Å². The van der Waals surface area contributed by atoms with Crippen molar-refractivity contribution in [2.24, 2.45) is 4.99 Å². The fraction of sp³-hybridized carbons (Fsp3) is 0.440. The molecule has 1 aliphatic heterocycles. The molecule has 2 aromatic carbocycles. The van der Waals surface area contributed by atoms with Crippen LogP contribution >= 0.6 is 24.0 Å². The summed E-state index contributed by atoms with van der Waals surface area (Å²) in [6.45, 7) is 3.94. The van der Waals surface area contributed by atoms with E-state index in [4.69, 9.17) is 4.74 Å². The number of aromatic nitrogens is 2. The fourth-order valence-electron chi connectivity index (χ4n) is 4.34. The zero-order valence-corrected chi connectivity index (χ0v) is 21.8. The zero-order chi connectivity index (χ0) is 22.2. The average molecular weight is 563 g/mol. The van der Waals surface area contributed by atoms with E-state index in [2.05, 4.69) is 48.7 Å². The van der Waals surface area contributed by atoms with E-state index >= 15 is 0 Å². The number of rotatable bonds is 9. The lowest BCUT2D eigenvalue weighted by atomic mass is 10.1. The highest BCUT2D eigenvalue weighted by atomic mass is 127. The highest BCUT2D eigenvalue weighted by Gasteiger charge is 2.23. The molecule has 1 saturated heterocycles. The maximum Gasteiger partial charge on any atom is 0.191 e. The average Bonchev–Trinajstić information content (AvgIpc) is 3.51. The van der Waals surface area contributed by atoms with Gasteiger partial charge in [0, 0.05) is 26.6 Å². The zero-order valence-electron chi connectivity index (χ0n) is 19.5. The smallest absolute Gasteiger partial charge is 0.191 e. The van der Waals surface area contributed by atoms with E-state index in [9.17, 15) is 0 Å². The van der Waals surface area contributed by atoms with Crippen molar-refractivity contribution in [3.05, 3.63) is 59.9 Å². The predicted octanol–water partition coefficient (Wildman–Crippen LogP) is 4.12. The summed E-state index contributed by atoms with van der Waals surface area (Å²) in [5, 5.41) is 6.98. The van der Waals surface area contributed by atoms with Gasteiger partial charge in [0.15, 0.2) is 5.96 Å². The Morgan fingerprint density at radius 3 is 2.58 bits per heavy atom. The standard InChI is InChI=1S/C25H34N6O.HI/c1-26-25(27-15-7-10-24-29-21-8-3-4-9-22(21)30-24)28-18-23(31-16-5-6-17-31)19-11-13-20(32-2)14-12-19;/h3-4,8-9,11-14,23H,5-7,10,15-18H2,1-2H3,(H,29,30)(H2,26,27,28);1H. The maximum atomic E-state index is 5.33. The number of fused-ring (bicyclic) bond motifs is 1. The van der Waals surface area contributed by atoms with Crippen LogP contribution in [0.5, 0.6) is 5.75 Å². The second-order valence-corrected chi connectivity index (χ2v) is 8.22. The molecule has 4 rings (SSSR count). The number of aromatic amines is 1. The minimum absolute atomic E-state index is 0. The van der Waals surface area contributed by atoms with E-state index in [1.54, 1.807) is 7.11 Å². The van der Waals surface area contributed by atoms with Gasteiger partial charge in [-0.25, -0.2) is 4.98 Å². The predicted molar refractivity (Wildman–Crippen MR) is 146 cm³/mol. The first-order valence-electron chi connectivity index (χ1n) is 11.5. The lowest BCUT2D eigenvalue weighted by Gasteiger charge is -2.29. The number of nitrogens with zero attached hydrogens (tertiary/aromatic N) is 3. The fourth-order valence-corrected chi connectivity index (χ4v) is 4.34. The summed E-state index contributed by atoms with van der Waals surface area (Å²) in [6, 6.07) is 16.9. The molecular formula is C25H35IN6O. The first kappa shape index (κ1) is 25.3. The van der Waals surface area contributed by atoms with Gasteiger partial charge in [0.1, 0.15) is 11.6 Å². The molecule has 3 aromatic rings. The SMILES string of the molecule is CN=C(NCCCc1nc2ccccc2[nH]1)NCC(c1ccc(OC)cc1)N1CCCC1.I. The van der Waals surface area contributed by atoms with Gasteiger partial charge in [0.2, 0.25) is 0 Å². The summed E-state index contributed by atoms with van der Waals surface area (Å²) >= 11 is 0. The van der Waals surface area contributed by atoms with Gasteiger partial charge in [0.05, 0.1) is 24.2 Å². The minimum Gasteiger partial charge on any atom is -0.497 e. The number of ether oxygens (including phenoxy) is 1. The van der Waals surface area contributed by atoms with Crippen LogP contribution in [0, 0.1) is 0 Å². The van der Waals surface area contributed by atoms with Crippen molar-refractivity contribution >= 4 is 41.0 Å². The van der Waals surface area contributed by atoms with E-state index in [0.717, 1.165) is 67.6 Å². The molecule has 178 valence electrons. The number of halogens is 1. The summed E-state index contributed by atoms with van der Waals surface area (Å²) in [5.74, 6) is 2.76. The lowest BCUT2D eigenvalue weighted by molar-refractivity contribution is 0.245. The third kappa shape index (κ3) is 6.83. The van der Waals surface area contributed by atoms with Crippen molar-refractivity contribution < 1.29 is 4.74 Å². The quantitative estimate of drug-likeness (QED) is 0.158. The Morgan fingerprint density at radius 1 is 1.12 bits per heavy atom. The molecule has 0 spiro atoms. The van der Waals surface area contributed by atoms with Gasteiger partial charge in [-0.1, -0.05) is 24.3 Å². The van der Waals surface area contributed by atoms with E-state index in [-0.39, 0.29) is 24.0 Å². The minimum atomic E-state index is 0. The highest BCUT2D eigenvalue weighted by molar-refractivity contribution is 14.0. The third-order valence-electron chi connectivity index (χ3n) is 6.09. The molecule has 0 bridgehead atoms. The van der Waals surface area contributed by atoms with Crippen LogP contribution < -0.4 is 15.4 Å². The van der Waals surface area contributed by atoms with Gasteiger partial charge in [-0.3, -0.25) is 9.89 Å². The number of hydrogen-bond acceptors (Lipinski definition) is 4. The monoisotopic (exact) mass is 562 g/mol. The Bertz CT molecular complexity index is 980. The number of aliphatic imine (C=N–C) groups is 1. The Kier molecular flexibility index (Phi) is 9.80. The summed E-state index contributed by atoms with van der Waals surface area (Å²) in [5.41, 5.74) is 3.43. The van der Waals surface area contributed by atoms with Crippen LogP contribution in [-0.2, 0) is 6.42 Å². The van der Waals surface area contributed by atoms with E-state index in [1.165, 1.54) is 18.4 Å². The lowest BCUT2D eigenvalue weighted by Crippen LogP contribution is -2.43. The molecule has 8 heteroatoms. The number of benzene rings is 2.